The lowest BCUT2D eigenvalue weighted by atomic mass is 9.90. The van der Waals surface area contributed by atoms with Crippen molar-refractivity contribution in [3.05, 3.63) is 114 Å². The standard InChI is InChI=1S/C24H22N2O/c1-18-17-25-24(26(18)21-13-15-22(27-2)16-14-21)23(19-9-5-3-6-10-19)20-11-7-4-8-12-20/h3-17,23H,1-2H3. The normalized spacial score (nSPS) is 10.9. The summed E-state index contributed by atoms with van der Waals surface area (Å²) >= 11 is 0. The number of aryl methyl sites for hydroxylation is 1. The summed E-state index contributed by atoms with van der Waals surface area (Å²) in [5.74, 6) is 1.92. The van der Waals surface area contributed by atoms with Gasteiger partial charge in [-0.1, -0.05) is 60.7 Å². The van der Waals surface area contributed by atoms with E-state index in [1.807, 2.05) is 30.5 Å². The summed E-state index contributed by atoms with van der Waals surface area (Å²) in [6.07, 6.45) is 1.94. The van der Waals surface area contributed by atoms with E-state index >= 15 is 0 Å². The molecule has 0 saturated heterocycles. The molecule has 0 unspecified atom stereocenters. The van der Waals surface area contributed by atoms with E-state index in [-0.39, 0.29) is 5.92 Å². The molecule has 0 atom stereocenters. The first kappa shape index (κ1) is 17.1. The first-order valence-electron chi connectivity index (χ1n) is 9.06. The summed E-state index contributed by atoms with van der Waals surface area (Å²) in [6, 6.07) is 29.2. The van der Waals surface area contributed by atoms with Crippen molar-refractivity contribution in [1.29, 1.82) is 0 Å². The summed E-state index contributed by atoms with van der Waals surface area (Å²) in [5.41, 5.74) is 4.64. The molecule has 0 fully saturated rings. The Hall–Kier alpha value is -3.33. The van der Waals surface area contributed by atoms with E-state index in [9.17, 15) is 0 Å². The minimum Gasteiger partial charge on any atom is -0.497 e. The second-order valence-electron chi connectivity index (χ2n) is 6.55. The van der Waals surface area contributed by atoms with Crippen molar-refractivity contribution in [1.82, 2.24) is 9.55 Å². The van der Waals surface area contributed by atoms with Gasteiger partial charge in [0.2, 0.25) is 0 Å². The second-order valence-corrected chi connectivity index (χ2v) is 6.55. The lowest BCUT2D eigenvalue weighted by Crippen LogP contribution is -2.11. The summed E-state index contributed by atoms with van der Waals surface area (Å²) in [7, 11) is 1.68. The van der Waals surface area contributed by atoms with Crippen molar-refractivity contribution in [3.63, 3.8) is 0 Å². The molecule has 27 heavy (non-hydrogen) atoms. The van der Waals surface area contributed by atoms with Gasteiger partial charge in [0.25, 0.3) is 0 Å². The van der Waals surface area contributed by atoms with Crippen LogP contribution in [0.25, 0.3) is 5.69 Å². The van der Waals surface area contributed by atoms with Crippen molar-refractivity contribution in [2.75, 3.05) is 7.11 Å². The van der Waals surface area contributed by atoms with E-state index < -0.39 is 0 Å². The van der Waals surface area contributed by atoms with E-state index in [1.54, 1.807) is 7.11 Å². The Bertz CT molecular complexity index is 966. The van der Waals surface area contributed by atoms with Gasteiger partial charge in [0, 0.05) is 17.6 Å². The average molecular weight is 354 g/mol. The van der Waals surface area contributed by atoms with Gasteiger partial charge in [-0.15, -0.1) is 0 Å². The predicted molar refractivity (Wildman–Crippen MR) is 109 cm³/mol. The molecule has 4 rings (SSSR count). The van der Waals surface area contributed by atoms with Crippen LogP contribution in [0.2, 0.25) is 0 Å². The van der Waals surface area contributed by atoms with Gasteiger partial charge in [-0.2, -0.15) is 0 Å². The number of ether oxygens (including phenoxy) is 1. The summed E-state index contributed by atoms with van der Waals surface area (Å²) in [4.78, 5) is 4.82. The SMILES string of the molecule is COc1ccc(-n2c(C)cnc2C(c2ccccc2)c2ccccc2)cc1. The molecule has 0 N–H and O–H groups in total. The van der Waals surface area contributed by atoms with Crippen LogP contribution in [0.4, 0.5) is 0 Å². The van der Waals surface area contributed by atoms with E-state index in [0.29, 0.717) is 0 Å². The molecule has 1 heterocycles. The van der Waals surface area contributed by atoms with Crippen molar-refractivity contribution in [2.24, 2.45) is 0 Å². The molecule has 0 aliphatic rings. The highest BCUT2D eigenvalue weighted by atomic mass is 16.5. The predicted octanol–water partition coefficient (Wildman–Crippen LogP) is 5.37. The topological polar surface area (TPSA) is 27.1 Å². The van der Waals surface area contributed by atoms with Crippen LogP contribution in [-0.2, 0) is 0 Å². The van der Waals surface area contributed by atoms with Gasteiger partial charge >= 0.3 is 0 Å². The van der Waals surface area contributed by atoms with Gasteiger partial charge in [-0.05, 0) is 42.3 Å². The molecule has 3 heteroatoms. The zero-order chi connectivity index (χ0) is 18.6. The Morgan fingerprint density at radius 1 is 0.778 bits per heavy atom. The summed E-state index contributed by atoms with van der Waals surface area (Å²) in [5, 5.41) is 0. The molecule has 0 saturated carbocycles. The molecule has 0 radical (unpaired) electrons. The van der Waals surface area contributed by atoms with Crippen molar-refractivity contribution < 1.29 is 4.74 Å². The lowest BCUT2D eigenvalue weighted by molar-refractivity contribution is 0.414. The first-order chi connectivity index (χ1) is 13.3. The van der Waals surface area contributed by atoms with Crippen LogP contribution >= 0.6 is 0 Å². The third-order valence-corrected chi connectivity index (χ3v) is 4.82. The number of methoxy groups -OCH3 is 1. The van der Waals surface area contributed by atoms with Crippen molar-refractivity contribution >= 4 is 0 Å². The third-order valence-electron chi connectivity index (χ3n) is 4.82. The van der Waals surface area contributed by atoms with E-state index in [0.717, 1.165) is 23.0 Å². The number of hydrogen-bond donors (Lipinski definition) is 0. The second kappa shape index (κ2) is 7.50. The van der Waals surface area contributed by atoms with Crippen LogP contribution in [0.15, 0.2) is 91.1 Å². The van der Waals surface area contributed by atoms with Crippen LogP contribution in [0.5, 0.6) is 5.75 Å². The number of imidazole rings is 1. The molecule has 0 spiro atoms. The van der Waals surface area contributed by atoms with E-state index in [1.165, 1.54) is 11.1 Å². The van der Waals surface area contributed by atoms with Crippen molar-refractivity contribution in [3.8, 4) is 11.4 Å². The zero-order valence-corrected chi connectivity index (χ0v) is 15.5. The van der Waals surface area contributed by atoms with Gasteiger partial charge in [0.1, 0.15) is 11.6 Å². The van der Waals surface area contributed by atoms with Gasteiger partial charge in [-0.25, -0.2) is 4.98 Å². The Kier molecular flexibility index (Phi) is 4.75. The molecule has 3 aromatic carbocycles. The third kappa shape index (κ3) is 3.36. The van der Waals surface area contributed by atoms with Crippen molar-refractivity contribution in [2.45, 2.75) is 12.8 Å². The molecular formula is C24H22N2O. The molecule has 3 nitrogen and oxygen atoms in total. The Labute approximate surface area is 159 Å². The van der Waals surface area contributed by atoms with Gasteiger partial charge < -0.3 is 9.30 Å². The molecule has 4 aromatic rings. The van der Waals surface area contributed by atoms with Crippen LogP contribution in [0.3, 0.4) is 0 Å². The zero-order valence-electron chi connectivity index (χ0n) is 15.5. The number of hydrogen-bond acceptors (Lipinski definition) is 2. The first-order valence-corrected chi connectivity index (χ1v) is 9.06. The van der Waals surface area contributed by atoms with Gasteiger partial charge in [0.05, 0.1) is 13.0 Å². The van der Waals surface area contributed by atoms with E-state index in [4.69, 9.17) is 9.72 Å². The quantitative estimate of drug-likeness (QED) is 0.482. The fourth-order valence-corrected chi connectivity index (χ4v) is 3.51. The maximum absolute atomic E-state index is 5.31. The van der Waals surface area contributed by atoms with Crippen LogP contribution < -0.4 is 4.74 Å². The highest BCUT2D eigenvalue weighted by Gasteiger charge is 2.23. The number of aromatic nitrogens is 2. The Balaban J connectivity index is 1.89. The molecule has 134 valence electrons. The van der Waals surface area contributed by atoms with Gasteiger partial charge in [0.15, 0.2) is 0 Å². The maximum Gasteiger partial charge on any atom is 0.125 e. The minimum absolute atomic E-state index is 0.0585. The Morgan fingerprint density at radius 2 is 1.33 bits per heavy atom. The largest absolute Gasteiger partial charge is 0.497 e. The average Bonchev–Trinajstić information content (AvgIpc) is 3.11. The van der Waals surface area contributed by atoms with Crippen LogP contribution in [0, 0.1) is 6.92 Å². The molecule has 0 aliphatic heterocycles. The number of rotatable bonds is 5. The highest BCUT2D eigenvalue weighted by Crippen LogP contribution is 2.33. The molecule has 0 amide bonds. The van der Waals surface area contributed by atoms with Gasteiger partial charge in [-0.3, -0.25) is 0 Å². The van der Waals surface area contributed by atoms with Crippen LogP contribution in [0.1, 0.15) is 28.6 Å². The smallest absolute Gasteiger partial charge is 0.125 e. The maximum atomic E-state index is 5.31. The monoisotopic (exact) mass is 354 g/mol. The molecular weight excluding hydrogens is 332 g/mol. The highest BCUT2D eigenvalue weighted by molar-refractivity contribution is 5.45. The number of benzene rings is 3. The van der Waals surface area contributed by atoms with E-state index in [2.05, 4.69) is 72.2 Å². The molecule has 1 aromatic heterocycles. The minimum atomic E-state index is 0.0585. The fraction of sp³-hybridized carbons (Fsp3) is 0.125. The van der Waals surface area contributed by atoms with Crippen LogP contribution in [-0.4, -0.2) is 16.7 Å². The summed E-state index contributed by atoms with van der Waals surface area (Å²) in [6.45, 7) is 2.09. The fourth-order valence-electron chi connectivity index (χ4n) is 3.51. The number of nitrogens with zero attached hydrogens (tertiary/aromatic N) is 2. The molecule has 0 aliphatic carbocycles. The Morgan fingerprint density at radius 3 is 1.85 bits per heavy atom. The summed E-state index contributed by atoms with van der Waals surface area (Å²) < 4.78 is 7.53. The molecule has 0 bridgehead atoms. The lowest BCUT2D eigenvalue weighted by Gasteiger charge is -2.20.